The number of benzene rings is 2. The van der Waals surface area contributed by atoms with Gasteiger partial charge in [0.05, 0.1) is 6.54 Å². The minimum Gasteiger partial charge on any atom is -0.307 e. The number of rotatable bonds is 5. The molecule has 3 heteroatoms. The quantitative estimate of drug-likeness (QED) is 0.861. The standard InChI is InChI=1S/C16H17F2N/c1-13-7-5-6-8-14(13)11-19-12-16(17,18)15-9-3-2-4-10-15/h2-10,19H,11-12H2,1H3. The van der Waals surface area contributed by atoms with Crippen molar-refractivity contribution in [2.45, 2.75) is 19.4 Å². The van der Waals surface area contributed by atoms with Crippen molar-refractivity contribution in [2.24, 2.45) is 0 Å². The fraction of sp³-hybridized carbons (Fsp3) is 0.250. The van der Waals surface area contributed by atoms with E-state index in [1.54, 1.807) is 18.2 Å². The summed E-state index contributed by atoms with van der Waals surface area (Å²) >= 11 is 0. The lowest BCUT2D eigenvalue weighted by Crippen LogP contribution is -2.30. The fourth-order valence-corrected chi connectivity index (χ4v) is 1.95. The molecule has 0 saturated heterocycles. The lowest BCUT2D eigenvalue weighted by atomic mass is 10.1. The van der Waals surface area contributed by atoms with Crippen LogP contribution in [0.4, 0.5) is 8.78 Å². The molecule has 2 rings (SSSR count). The predicted octanol–water partition coefficient (Wildman–Crippen LogP) is 3.88. The first-order valence-electron chi connectivity index (χ1n) is 6.28. The van der Waals surface area contributed by atoms with Crippen LogP contribution in [-0.4, -0.2) is 6.54 Å². The number of halogens is 2. The van der Waals surface area contributed by atoms with Gasteiger partial charge in [-0.15, -0.1) is 0 Å². The van der Waals surface area contributed by atoms with Crippen molar-refractivity contribution in [3.63, 3.8) is 0 Å². The highest BCUT2D eigenvalue weighted by atomic mass is 19.3. The Hall–Kier alpha value is -1.74. The van der Waals surface area contributed by atoms with E-state index in [0.29, 0.717) is 6.54 Å². The molecule has 0 radical (unpaired) electrons. The Morgan fingerprint density at radius 2 is 1.58 bits per heavy atom. The van der Waals surface area contributed by atoms with Crippen LogP contribution in [0.5, 0.6) is 0 Å². The van der Waals surface area contributed by atoms with E-state index in [2.05, 4.69) is 5.32 Å². The van der Waals surface area contributed by atoms with Crippen LogP contribution in [0.25, 0.3) is 0 Å². The highest BCUT2D eigenvalue weighted by Gasteiger charge is 2.30. The molecule has 0 atom stereocenters. The summed E-state index contributed by atoms with van der Waals surface area (Å²) in [5.41, 5.74) is 2.21. The molecule has 2 aromatic carbocycles. The fourth-order valence-electron chi connectivity index (χ4n) is 1.95. The van der Waals surface area contributed by atoms with Crippen LogP contribution >= 0.6 is 0 Å². The van der Waals surface area contributed by atoms with Crippen molar-refractivity contribution in [3.05, 3.63) is 71.3 Å². The second-order valence-corrected chi connectivity index (χ2v) is 4.60. The number of hydrogen-bond donors (Lipinski definition) is 1. The molecule has 1 nitrogen and oxygen atoms in total. The first-order valence-corrected chi connectivity index (χ1v) is 6.28. The summed E-state index contributed by atoms with van der Waals surface area (Å²) in [4.78, 5) is 0. The highest BCUT2D eigenvalue weighted by molar-refractivity contribution is 5.25. The maximum absolute atomic E-state index is 13.9. The van der Waals surface area contributed by atoms with Gasteiger partial charge in [0.2, 0.25) is 0 Å². The van der Waals surface area contributed by atoms with Gasteiger partial charge in [0.1, 0.15) is 0 Å². The summed E-state index contributed by atoms with van der Waals surface area (Å²) in [5, 5.41) is 2.83. The Bertz CT molecular complexity index is 523. The van der Waals surface area contributed by atoms with E-state index in [1.165, 1.54) is 12.1 Å². The molecule has 2 aromatic rings. The van der Waals surface area contributed by atoms with E-state index in [1.807, 2.05) is 31.2 Å². The van der Waals surface area contributed by atoms with Crippen LogP contribution in [-0.2, 0) is 12.5 Å². The van der Waals surface area contributed by atoms with Gasteiger partial charge in [0.25, 0.3) is 5.92 Å². The van der Waals surface area contributed by atoms with Crippen molar-refractivity contribution >= 4 is 0 Å². The number of alkyl halides is 2. The normalized spacial score (nSPS) is 11.5. The van der Waals surface area contributed by atoms with E-state index >= 15 is 0 Å². The molecular formula is C16H17F2N. The largest absolute Gasteiger partial charge is 0.307 e. The Kier molecular flexibility index (Phi) is 4.27. The molecule has 0 aromatic heterocycles. The Labute approximate surface area is 112 Å². The lowest BCUT2D eigenvalue weighted by molar-refractivity contribution is -0.00344. The van der Waals surface area contributed by atoms with Crippen molar-refractivity contribution < 1.29 is 8.78 Å². The number of aryl methyl sites for hydroxylation is 1. The monoisotopic (exact) mass is 261 g/mol. The molecule has 0 aliphatic carbocycles. The van der Waals surface area contributed by atoms with Crippen LogP contribution in [0.2, 0.25) is 0 Å². The van der Waals surface area contributed by atoms with E-state index in [0.717, 1.165) is 11.1 Å². The smallest absolute Gasteiger partial charge is 0.285 e. The van der Waals surface area contributed by atoms with Crippen LogP contribution in [0.15, 0.2) is 54.6 Å². The SMILES string of the molecule is Cc1ccccc1CNCC(F)(F)c1ccccc1. The summed E-state index contributed by atoms with van der Waals surface area (Å²) in [6.45, 7) is 2.08. The van der Waals surface area contributed by atoms with E-state index in [4.69, 9.17) is 0 Å². The van der Waals surface area contributed by atoms with Crippen molar-refractivity contribution in [2.75, 3.05) is 6.54 Å². The van der Waals surface area contributed by atoms with Crippen molar-refractivity contribution in [1.29, 1.82) is 0 Å². The minimum absolute atomic E-state index is 0.0484. The van der Waals surface area contributed by atoms with E-state index < -0.39 is 5.92 Å². The number of hydrogen-bond acceptors (Lipinski definition) is 1. The average molecular weight is 261 g/mol. The zero-order valence-corrected chi connectivity index (χ0v) is 10.9. The van der Waals surface area contributed by atoms with Gasteiger partial charge in [-0.3, -0.25) is 0 Å². The Balaban J connectivity index is 1.94. The molecule has 0 bridgehead atoms. The second-order valence-electron chi connectivity index (χ2n) is 4.60. The summed E-state index contributed by atoms with van der Waals surface area (Å²) in [6, 6.07) is 15.7. The maximum atomic E-state index is 13.9. The summed E-state index contributed by atoms with van der Waals surface area (Å²) < 4.78 is 27.8. The van der Waals surface area contributed by atoms with Crippen LogP contribution in [0.1, 0.15) is 16.7 Å². The molecule has 0 aliphatic heterocycles. The summed E-state index contributed by atoms with van der Waals surface area (Å²) in [6.07, 6.45) is 0. The molecule has 0 aliphatic rings. The molecule has 0 amide bonds. The first kappa shape index (κ1) is 13.7. The number of nitrogens with one attached hydrogen (secondary N) is 1. The Morgan fingerprint density at radius 3 is 2.26 bits per heavy atom. The van der Waals surface area contributed by atoms with Gasteiger partial charge in [0.15, 0.2) is 0 Å². The maximum Gasteiger partial charge on any atom is 0.285 e. The Morgan fingerprint density at radius 1 is 0.947 bits per heavy atom. The van der Waals surface area contributed by atoms with Crippen molar-refractivity contribution in [3.8, 4) is 0 Å². The third-order valence-corrected chi connectivity index (χ3v) is 3.12. The molecule has 0 spiro atoms. The minimum atomic E-state index is -2.84. The van der Waals surface area contributed by atoms with Gasteiger partial charge in [-0.1, -0.05) is 54.6 Å². The van der Waals surface area contributed by atoms with Gasteiger partial charge in [-0.05, 0) is 18.1 Å². The average Bonchev–Trinajstić information content (AvgIpc) is 2.42. The van der Waals surface area contributed by atoms with Crippen LogP contribution in [0.3, 0.4) is 0 Å². The lowest BCUT2D eigenvalue weighted by Gasteiger charge is -2.17. The molecule has 0 heterocycles. The third-order valence-electron chi connectivity index (χ3n) is 3.12. The summed E-state index contributed by atoms with van der Waals surface area (Å²) in [7, 11) is 0. The molecule has 0 fully saturated rings. The van der Waals surface area contributed by atoms with Gasteiger partial charge in [-0.2, -0.15) is 8.78 Å². The van der Waals surface area contributed by atoms with Gasteiger partial charge in [0, 0.05) is 12.1 Å². The van der Waals surface area contributed by atoms with Gasteiger partial charge < -0.3 is 5.32 Å². The zero-order chi connectivity index (χ0) is 13.7. The summed E-state index contributed by atoms with van der Waals surface area (Å²) in [5.74, 6) is -2.84. The van der Waals surface area contributed by atoms with Crippen LogP contribution in [0, 0.1) is 6.92 Å². The molecule has 1 N–H and O–H groups in total. The molecule has 0 saturated carbocycles. The second kappa shape index (κ2) is 5.93. The first-order chi connectivity index (χ1) is 9.09. The van der Waals surface area contributed by atoms with Gasteiger partial charge >= 0.3 is 0 Å². The zero-order valence-electron chi connectivity index (χ0n) is 10.9. The molecular weight excluding hydrogens is 244 g/mol. The van der Waals surface area contributed by atoms with Crippen molar-refractivity contribution in [1.82, 2.24) is 5.32 Å². The molecule has 0 unspecified atom stereocenters. The highest BCUT2D eigenvalue weighted by Crippen LogP contribution is 2.26. The van der Waals surface area contributed by atoms with Gasteiger partial charge in [-0.25, -0.2) is 0 Å². The van der Waals surface area contributed by atoms with E-state index in [9.17, 15) is 8.78 Å². The third kappa shape index (κ3) is 3.61. The van der Waals surface area contributed by atoms with E-state index in [-0.39, 0.29) is 12.1 Å². The molecule has 100 valence electrons. The predicted molar refractivity (Wildman–Crippen MR) is 73.2 cm³/mol. The topological polar surface area (TPSA) is 12.0 Å². The van der Waals surface area contributed by atoms with Crippen LogP contribution < -0.4 is 5.32 Å². The molecule has 19 heavy (non-hydrogen) atoms.